The number of carbonyl (C=O) groups excluding carboxylic acids is 4. The second-order valence-corrected chi connectivity index (χ2v) is 7.82. The number of hydrogen-bond acceptors (Lipinski definition) is 6. The monoisotopic (exact) mass is 439 g/mol. The zero-order valence-electron chi connectivity index (χ0n) is 18.3. The zero-order chi connectivity index (χ0) is 23.5. The van der Waals surface area contributed by atoms with Crippen LogP contribution in [0.15, 0.2) is 60.7 Å². The van der Waals surface area contributed by atoms with E-state index >= 15 is 0 Å². The van der Waals surface area contributed by atoms with Crippen molar-refractivity contribution in [2.45, 2.75) is 51.9 Å². The van der Waals surface area contributed by atoms with Crippen molar-refractivity contribution in [3.8, 4) is 0 Å². The molecule has 2 aromatic carbocycles. The van der Waals surface area contributed by atoms with Crippen LogP contribution in [0.3, 0.4) is 0 Å². The molecule has 0 saturated carbocycles. The molecule has 2 rings (SSSR count). The third-order valence-corrected chi connectivity index (χ3v) is 5.08. The predicted molar refractivity (Wildman–Crippen MR) is 119 cm³/mol. The van der Waals surface area contributed by atoms with E-state index in [-0.39, 0.29) is 43.2 Å². The van der Waals surface area contributed by atoms with E-state index in [0.717, 1.165) is 5.56 Å². The van der Waals surface area contributed by atoms with E-state index in [1.165, 1.54) is 13.8 Å². The Labute approximate surface area is 187 Å². The van der Waals surface area contributed by atoms with Gasteiger partial charge in [-0.3, -0.25) is 14.4 Å². The van der Waals surface area contributed by atoms with Crippen molar-refractivity contribution in [3.63, 3.8) is 0 Å². The third kappa shape index (κ3) is 8.43. The van der Waals surface area contributed by atoms with Gasteiger partial charge in [0.25, 0.3) is 0 Å². The zero-order valence-corrected chi connectivity index (χ0v) is 18.3. The number of ether oxygens (including phenoxy) is 1. The van der Waals surface area contributed by atoms with Crippen molar-refractivity contribution < 1.29 is 29.0 Å². The molecule has 0 radical (unpaired) electrons. The lowest BCUT2D eigenvalue weighted by Crippen LogP contribution is -2.41. The van der Waals surface area contributed by atoms with Gasteiger partial charge in [0.1, 0.15) is 18.2 Å². The highest BCUT2D eigenvalue weighted by atomic mass is 16.5. The number of rotatable bonds is 12. The fourth-order valence-corrected chi connectivity index (χ4v) is 3.43. The highest BCUT2D eigenvalue weighted by Gasteiger charge is 2.30. The molecule has 32 heavy (non-hydrogen) atoms. The molecule has 0 aliphatic carbocycles. The summed E-state index contributed by atoms with van der Waals surface area (Å²) in [6, 6.07) is 17.0. The topological polar surface area (TPSA) is 110 Å². The van der Waals surface area contributed by atoms with Gasteiger partial charge in [-0.1, -0.05) is 60.7 Å². The quantitative estimate of drug-likeness (QED) is 0.490. The first-order valence-corrected chi connectivity index (χ1v) is 10.5. The third-order valence-electron chi connectivity index (χ3n) is 5.08. The first kappa shape index (κ1) is 24.9. The Kier molecular flexibility index (Phi) is 9.76. The summed E-state index contributed by atoms with van der Waals surface area (Å²) in [5.41, 5.74) is 1.28. The molecule has 3 atom stereocenters. The van der Waals surface area contributed by atoms with Crippen LogP contribution >= 0.6 is 0 Å². The first-order chi connectivity index (χ1) is 15.3. The molecule has 0 fully saturated rings. The minimum absolute atomic E-state index is 0.00277. The smallest absolute Gasteiger partial charge is 0.407 e. The van der Waals surface area contributed by atoms with Crippen LogP contribution in [0.2, 0.25) is 0 Å². The van der Waals surface area contributed by atoms with Crippen molar-refractivity contribution in [1.29, 1.82) is 0 Å². The van der Waals surface area contributed by atoms with Crippen LogP contribution in [-0.4, -0.2) is 40.7 Å². The average molecular weight is 440 g/mol. The van der Waals surface area contributed by atoms with Crippen molar-refractivity contribution in [3.05, 3.63) is 71.8 Å². The number of benzene rings is 2. The van der Waals surface area contributed by atoms with E-state index in [1.54, 1.807) is 30.3 Å². The summed E-state index contributed by atoms with van der Waals surface area (Å²) in [5, 5.41) is 13.0. The van der Waals surface area contributed by atoms with E-state index in [9.17, 15) is 24.3 Å². The Bertz CT molecular complexity index is 913. The van der Waals surface area contributed by atoms with E-state index in [0.29, 0.717) is 5.56 Å². The second-order valence-electron chi connectivity index (χ2n) is 7.82. The highest BCUT2D eigenvalue weighted by molar-refractivity contribution is 5.96. The molecule has 0 unspecified atom stereocenters. The van der Waals surface area contributed by atoms with Crippen LogP contribution in [-0.2, 0) is 20.9 Å². The van der Waals surface area contributed by atoms with Crippen LogP contribution in [0.25, 0.3) is 0 Å². The molecule has 0 bridgehead atoms. The molecular weight excluding hydrogens is 410 g/mol. The largest absolute Gasteiger partial charge is 0.445 e. The maximum absolute atomic E-state index is 12.7. The molecule has 0 heterocycles. The number of amides is 1. The lowest BCUT2D eigenvalue weighted by atomic mass is 9.86. The first-order valence-electron chi connectivity index (χ1n) is 10.5. The van der Waals surface area contributed by atoms with Gasteiger partial charge in [0.15, 0.2) is 5.78 Å². The fourth-order valence-electron chi connectivity index (χ4n) is 3.43. The standard InChI is InChI=1S/C25H29NO6/c1-17(27)13-24(30)22(18(2)28)14-21(15-23(29)20-11-7-4-8-12-20)26-25(31)32-16-19-9-5-3-6-10-19/h3-12,21-22,24,30H,13-16H2,1-2H3,(H,26,31)/t21-,22+,24+/m0/s1. The predicted octanol–water partition coefficient (Wildman–Crippen LogP) is 3.49. The average Bonchev–Trinajstić information content (AvgIpc) is 2.76. The number of aliphatic hydroxyl groups is 1. The van der Waals surface area contributed by atoms with Crippen molar-refractivity contribution >= 4 is 23.4 Å². The van der Waals surface area contributed by atoms with Gasteiger partial charge in [0, 0.05) is 30.4 Å². The molecular formula is C25H29NO6. The van der Waals surface area contributed by atoms with Gasteiger partial charge in [0.05, 0.1) is 6.10 Å². The van der Waals surface area contributed by atoms with Crippen LogP contribution in [0.5, 0.6) is 0 Å². The number of hydrogen-bond donors (Lipinski definition) is 2. The van der Waals surface area contributed by atoms with Gasteiger partial charge in [-0.15, -0.1) is 0 Å². The molecule has 1 amide bonds. The summed E-state index contributed by atoms with van der Waals surface area (Å²) in [6.07, 6.45) is -2.18. The van der Waals surface area contributed by atoms with Gasteiger partial charge in [-0.25, -0.2) is 4.79 Å². The molecule has 0 saturated heterocycles. The van der Waals surface area contributed by atoms with E-state index in [2.05, 4.69) is 5.32 Å². The molecule has 7 nitrogen and oxygen atoms in total. The number of ketones is 3. The van der Waals surface area contributed by atoms with Gasteiger partial charge < -0.3 is 15.2 Å². The summed E-state index contributed by atoms with van der Waals surface area (Å²) in [5.74, 6) is -1.70. The summed E-state index contributed by atoms with van der Waals surface area (Å²) in [4.78, 5) is 48.7. The van der Waals surface area contributed by atoms with Gasteiger partial charge in [0.2, 0.25) is 0 Å². The lowest BCUT2D eigenvalue weighted by molar-refractivity contribution is -0.127. The molecule has 7 heteroatoms. The minimum atomic E-state index is -1.19. The fraction of sp³-hybridized carbons (Fsp3) is 0.360. The number of aliphatic hydroxyl groups excluding tert-OH is 1. The maximum atomic E-state index is 12.7. The van der Waals surface area contributed by atoms with Crippen LogP contribution in [0.1, 0.15) is 49.0 Å². The maximum Gasteiger partial charge on any atom is 0.407 e. The Morgan fingerprint density at radius 1 is 0.906 bits per heavy atom. The number of Topliss-reactive ketones (excluding diaryl/α,β-unsaturated/α-hetero) is 3. The van der Waals surface area contributed by atoms with Crippen molar-refractivity contribution in [1.82, 2.24) is 5.32 Å². The Balaban J connectivity index is 2.11. The van der Waals surface area contributed by atoms with E-state index in [1.807, 2.05) is 30.3 Å². The number of nitrogens with one attached hydrogen (secondary N) is 1. The Hall–Kier alpha value is -3.32. The van der Waals surface area contributed by atoms with Gasteiger partial charge in [-0.05, 0) is 25.8 Å². The van der Waals surface area contributed by atoms with Crippen molar-refractivity contribution in [2.75, 3.05) is 0 Å². The van der Waals surface area contributed by atoms with Crippen LogP contribution in [0.4, 0.5) is 4.79 Å². The molecule has 2 aromatic rings. The molecule has 0 aliphatic rings. The summed E-state index contributed by atoms with van der Waals surface area (Å²) >= 11 is 0. The van der Waals surface area contributed by atoms with Gasteiger partial charge >= 0.3 is 6.09 Å². The number of alkyl carbamates (subject to hydrolysis) is 1. The van der Waals surface area contributed by atoms with Crippen LogP contribution in [0, 0.1) is 5.92 Å². The van der Waals surface area contributed by atoms with Gasteiger partial charge in [-0.2, -0.15) is 0 Å². The Morgan fingerprint density at radius 3 is 2.06 bits per heavy atom. The highest BCUT2D eigenvalue weighted by Crippen LogP contribution is 2.20. The molecule has 0 aliphatic heterocycles. The molecule has 170 valence electrons. The summed E-state index contributed by atoms with van der Waals surface area (Å²) < 4.78 is 5.25. The lowest BCUT2D eigenvalue weighted by Gasteiger charge is -2.25. The molecule has 2 N–H and O–H groups in total. The van der Waals surface area contributed by atoms with Crippen LogP contribution < -0.4 is 5.32 Å². The second kappa shape index (κ2) is 12.5. The summed E-state index contributed by atoms with van der Waals surface area (Å²) in [7, 11) is 0. The summed E-state index contributed by atoms with van der Waals surface area (Å²) in [6.45, 7) is 2.70. The Morgan fingerprint density at radius 2 is 1.50 bits per heavy atom. The SMILES string of the molecule is CC(=O)C[C@@H](O)[C@H](C[C@@H](CC(=O)c1ccccc1)NC(=O)OCc1ccccc1)C(C)=O. The number of carbonyl (C=O) groups is 4. The molecule has 0 aromatic heterocycles. The molecule has 0 spiro atoms. The normalized spacial score (nSPS) is 13.5. The minimum Gasteiger partial charge on any atom is -0.445 e. The van der Waals surface area contributed by atoms with E-state index < -0.39 is 24.2 Å². The van der Waals surface area contributed by atoms with E-state index in [4.69, 9.17) is 4.74 Å². The van der Waals surface area contributed by atoms with Crippen molar-refractivity contribution in [2.24, 2.45) is 5.92 Å².